The molecule has 2 spiro atoms. The summed E-state index contributed by atoms with van der Waals surface area (Å²) in [5.74, 6) is 0. The highest BCUT2D eigenvalue weighted by Crippen LogP contribution is 2.70. The van der Waals surface area contributed by atoms with Gasteiger partial charge in [-0.05, 0) is 212 Å². The van der Waals surface area contributed by atoms with Crippen molar-refractivity contribution in [2.75, 3.05) is 0 Å². The molecule has 19 rings (SSSR count). The Morgan fingerprint density at radius 1 is 0.150 bits per heavy atom. The zero-order valence-electron chi connectivity index (χ0n) is 43.6. The SMILES string of the molecule is c1ccc2c(c1)-c1ccccc1C21c2cc3c(cc2-c2c1cc(-c1c4ccccc4cc4ccccc14)c1ccccc21)C1(c2ccccc2-c2ccccc21)c1cc(-c2c4ccccc4cc4ccccc24)c2ccccc2c1-3. The van der Waals surface area contributed by atoms with Gasteiger partial charge in [0, 0.05) is 0 Å². The molecule has 0 N–H and O–H groups in total. The number of fused-ring (bicyclic) bond motifs is 28. The summed E-state index contributed by atoms with van der Waals surface area (Å²) in [5.41, 5.74) is 25.2. The van der Waals surface area contributed by atoms with E-state index in [1.807, 2.05) is 0 Å². The normalized spacial score (nSPS) is 14.2. The number of hydrogen-bond acceptors (Lipinski definition) is 0. The maximum Gasteiger partial charge on any atom is 0.0726 e. The molecule has 0 unspecified atom stereocenters. The minimum atomic E-state index is -0.634. The lowest BCUT2D eigenvalue weighted by molar-refractivity contribution is 0.784. The third kappa shape index (κ3) is 5.10. The Hall–Kier alpha value is -10.1. The van der Waals surface area contributed by atoms with Crippen LogP contribution in [-0.2, 0) is 10.8 Å². The van der Waals surface area contributed by atoms with Crippen LogP contribution in [-0.4, -0.2) is 0 Å². The van der Waals surface area contributed by atoms with Crippen molar-refractivity contribution in [3.8, 4) is 66.8 Å². The molecule has 0 saturated carbocycles. The highest BCUT2D eigenvalue weighted by Gasteiger charge is 2.57. The van der Waals surface area contributed by atoms with Gasteiger partial charge in [0.2, 0.25) is 0 Å². The van der Waals surface area contributed by atoms with Crippen LogP contribution in [0.15, 0.2) is 279 Å². The summed E-state index contributed by atoms with van der Waals surface area (Å²) in [6.45, 7) is 0. The van der Waals surface area contributed by atoms with E-state index in [-0.39, 0.29) is 0 Å². The van der Waals surface area contributed by atoms with Gasteiger partial charge in [-0.3, -0.25) is 0 Å². The minimum Gasteiger partial charge on any atom is -0.0619 e. The standard InChI is InChI=1S/C80H46/c1-5-25-51-47(21-1)41-48-22-2-6-26-52(48)75(51)63-43-73-77(61-35-11-9-29-55(61)63)65-45-72-66(46-71(65)79(73)67-37-17-13-31-57(67)58-32-14-18-38-68(58)79)78-62-36-12-10-30-56(62)64(76-53-27-7-3-23-49(53)42-50-24-4-8-28-54(50)76)44-74(78)80(72)69-39-19-15-33-59(69)60-34-16-20-40-70(60)80/h1-46H. The minimum absolute atomic E-state index is 0.634. The molecule has 0 heteroatoms. The predicted octanol–water partition coefficient (Wildman–Crippen LogP) is 20.6. The Bertz CT molecular complexity index is 4790. The second kappa shape index (κ2) is 15.3. The summed E-state index contributed by atoms with van der Waals surface area (Å²) >= 11 is 0. The Labute approximate surface area is 463 Å². The van der Waals surface area contributed by atoms with Crippen molar-refractivity contribution >= 4 is 64.6 Å². The average molecular weight is 1010 g/mol. The van der Waals surface area contributed by atoms with Gasteiger partial charge in [0.25, 0.3) is 0 Å². The Morgan fingerprint density at radius 3 is 0.725 bits per heavy atom. The van der Waals surface area contributed by atoms with Crippen LogP contribution < -0.4 is 0 Å². The van der Waals surface area contributed by atoms with Gasteiger partial charge in [0.15, 0.2) is 0 Å². The van der Waals surface area contributed by atoms with Crippen molar-refractivity contribution in [1.29, 1.82) is 0 Å². The maximum absolute atomic E-state index is 2.71. The molecule has 15 aromatic rings. The summed E-state index contributed by atoms with van der Waals surface area (Å²) in [5, 5.41) is 15.2. The highest BCUT2D eigenvalue weighted by molar-refractivity contribution is 6.23. The fourth-order valence-electron chi connectivity index (χ4n) is 16.5. The van der Waals surface area contributed by atoms with Crippen molar-refractivity contribution in [1.82, 2.24) is 0 Å². The van der Waals surface area contributed by atoms with Gasteiger partial charge >= 0.3 is 0 Å². The molecule has 366 valence electrons. The topological polar surface area (TPSA) is 0 Å². The largest absolute Gasteiger partial charge is 0.0726 e. The number of benzene rings is 15. The lowest BCUT2D eigenvalue weighted by atomic mass is 9.68. The molecule has 0 amide bonds. The second-order valence-corrected chi connectivity index (χ2v) is 22.8. The van der Waals surface area contributed by atoms with Crippen molar-refractivity contribution in [2.24, 2.45) is 0 Å². The second-order valence-electron chi connectivity index (χ2n) is 22.8. The molecule has 15 aromatic carbocycles. The monoisotopic (exact) mass is 1010 g/mol. The molecule has 0 saturated heterocycles. The van der Waals surface area contributed by atoms with Gasteiger partial charge in [-0.1, -0.05) is 243 Å². The summed E-state index contributed by atoms with van der Waals surface area (Å²) in [7, 11) is 0. The first-order valence-electron chi connectivity index (χ1n) is 28.2. The third-order valence-corrected chi connectivity index (χ3v) is 19.4. The summed E-state index contributed by atoms with van der Waals surface area (Å²) in [6.07, 6.45) is 0. The summed E-state index contributed by atoms with van der Waals surface area (Å²) < 4.78 is 0. The first-order chi connectivity index (χ1) is 39.7. The van der Waals surface area contributed by atoms with Gasteiger partial charge in [-0.2, -0.15) is 0 Å². The van der Waals surface area contributed by atoms with Crippen LogP contribution in [0, 0.1) is 0 Å². The van der Waals surface area contributed by atoms with E-state index in [1.165, 1.54) is 176 Å². The lowest BCUT2D eigenvalue weighted by Gasteiger charge is -2.32. The number of hydrogen-bond donors (Lipinski definition) is 0. The van der Waals surface area contributed by atoms with E-state index in [1.54, 1.807) is 0 Å². The van der Waals surface area contributed by atoms with E-state index < -0.39 is 10.8 Å². The first-order valence-corrected chi connectivity index (χ1v) is 28.2. The van der Waals surface area contributed by atoms with Gasteiger partial charge in [-0.15, -0.1) is 0 Å². The average Bonchev–Trinajstić information content (AvgIpc) is 2.65. The Kier molecular flexibility index (Phi) is 8.22. The van der Waals surface area contributed by atoms with Crippen LogP contribution in [0.4, 0.5) is 0 Å². The first kappa shape index (κ1) is 42.9. The van der Waals surface area contributed by atoms with E-state index in [4.69, 9.17) is 0 Å². The molecule has 0 nitrogen and oxygen atoms in total. The molecule has 4 aliphatic rings. The fourth-order valence-corrected chi connectivity index (χ4v) is 16.5. The highest BCUT2D eigenvalue weighted by atomic mass is 14.6. The quantitative estimate of drug-likeness (QED) is 0.151. The third-order valence-electron chi connectivity index (χ3n) is 19.4. The molecule has 4 aliphatic carbocycles. The molecular weight excluding hydrogens is 961 g/mol. The van der Waals surface area contributed by atoms with Crippen LogP contribution in [0.3, 0.4) is 0 Å². The zero-order chi connectivity index (χ0) is 52.0. The molecule has 80 heavy (non-hydrogen) atoms. The fraction of sp³-hybridized carbons (Fsp3) is 0.0250. The van der Waals surface area contributed by atoms with Crippen LogP contribution in [0.2, 0.25) is 0 Å². The van der Waals surface area contributed by atoms with Crippen molar-refractivity contribution in [2.45, 2.75) is 10.8 Å². The molecule has 0 atom stereocenters. The van der Waals surface area contributed by atoms with Crippen molar-refractivity contribution < 1.29 is 0 Å². The lowest BCUT2D eigenvalue weighted by Crippen LogP contribution is -2.27. The molecular formula is C80H46. The van der Waals surface area contributed by atoms with Gasteiger partial charge in [0.1, 0.15) is 0 Å². The zero-order valence-corrected chi connectivity index (χ0v) is 43.6. The summed E-state index contributed by atoms with van der Waals surface area (Å²) in [6, 6.07) is 107. The van der Waals surface area contributed by atoms with E-state index in [9.17, 15) is 0 Å². The molecule has 0 fully saturated rings. The molecule has 0 aliphatic heterocycles. The molecule has 0 heterocycles. The van der Waals surface area contributed by atoms with E-state index in [2.05, 4.69) is 279 Å². The predicted molar refractivity (Wildman–Crippen MR) is 335 cm³/mol. The van der Waals surface area contributed by atoms with E-state index >= 15 is 0 Å². The maximum atomic E-state index is 2.71. The molecule has 0 aromatic heterocycles. The van der Waals surface area contributed by atoms with Crippen molar-refractivity contribution in [3.63, 3.8) is 0 Å². The summed E-state index contributed by atoms with van der Waals surface area (Å²) in [4.78, 5) is 0. The van der Waals surface area contributed by atoms with E-state index in [0.717, 1.165) is 0 Å². The van der Waals surface area contributed by atoms with Gasteiger partial charge < -0.3 is 0 Å². The van der Waals surface area contributed by atoms with Crippen LogP contribution in [0.1, 0.15) is 44.5 Å². The van der Waals surface area contributed by atoms with Crippen LogP contribution >= 0.6 is 0 Å². The van der Waals surface area contributed by atoms with Gasteiger partial charge in [0.05, 0.1) is 10.8 Å². The van der Waals surface area contributed by atoms with E-state index in [0.29, 0.717) is 0 Å². The Balaban J connectivity index is 1.01. The Morgan fingerprint density at radius 2 is 0.400 bits per heavy atom. The van der Waals surface area contributed by atoms with Crippen LogP contribution in [0.5, 0.6) is 0 Å². The van der Waals surface area contributed by atoms with Crippen LogP contribution in [0.25, 0.3) is 131 Å². The van der Waals surface area contributed by atoms with Gasteiger partial charge in [-0.25, -0.2) is 0 Å². The number of rotatable bonds is 2. The molecule has 0 radical (unpaired) electrons. The molecule has 0 bridgehead atoms. The van der Waals surface area contributed by atoms with Crippen molar-refractivity contribution in [3.05, 3.63) is 324 Å². The smallest absolute Gasteiger partial charge is 0.0619 e.